The third kappa shape index (κ3) is 6.55. The first kappa shape index (κ1) is 27.5. The number of carbonyl (C=O) groups is 2. The number of anilines is 1. The summed E-state index contributed by atoms with van der Waals surface area (Å²) in [5.74, 6) is -0.152. The van der Waals surface area contributed by atoms with Crippen molar-refractivity contribution in [3.8, 4) is 11.5 Å². The molecule has 0 spiro atoms. The minimum atomic E-state index is -0.993. The van der Waals surface area contributed by atoms with Gasteiger partial charge in [-0.3, -0.25) is 14.5 Å². The fraction of sp³-hybridized carbons (Fsp3) is 0.259. The number of hydrogen-bond acceptors (Lipinski definition) is 4. The first-order valence-corrected chi connectivity index (χ1v) is 12.0. The molecule has 3 aromatic carbocycles. The van der Waals surface area contributed by atoms with Gasteiger partial charge in [0.25, 0.3) is 5.91 Å². The molecule has 0 unspecified atom stereocenters. The molecule has 190 valence electrons. The third-order valence-corrected chi connectivity index (χ3v) is 6.06. The summed E-state index contributed by atoms with van der Waals surface area (Å²) in [6.07, 6.45) is 0. The molecule has 1 aliphatic rings. The van der Waals surface area contributed by atoms with Gasteiger partial charge in [-0.05, 0) is 61.0 Å². The van der Waals surface area contributed by atoms with Gasteiger partial charge in [0.15, 0.2) is 0 Å². The zero-order valence-corrected chi connectivity index (χ0v) is 21.3. The number of nitrogens with zero attached hydrogens (tertiary/aromatic N) is 2. The molecule has 1 N–H and O–H groups in total. The topological polar surface area (TPSA) is 61.9 Å². The van der Waals surface area contributed by atoms with Gasteiger partial charge in [-0.15, -0.1) is 24.0 Å². The molecular formula is C27H28Cl2FN3O3. The molecule has 0 bridgehead atoms. The predicted octanol–water partition coefficient (Wildman–Crippen LogP) is 5.17. The lowest BCUT2D eigenvalue weighted by atomic mass is 10.0. The Bertz CT molecular complexity index is 1150. The number of halogens is 3. The van der Waals surface area contributed by atoms with Crippen LogP contribution in [0.5, 0.6) is 11.5 Å². The first-order chi connectivity index (χ1) is 17.0. The van der Waals surface area contributed by atoms with E-state index in [0.717, 1.165) is 0 Å². The van der Waals surface area contributed by atoms with Crippen molar-refractivity contribution in [3.63, 3.8) is 0 Å². The molecule has 9 heteroatoms. The summed E-state index contributed by atoms with van der Waals surface area (Å²) in [6.45, 7) is 3.66. The molecule has 1 heterocycles. The Morgan fingerprint density at radius 2 is 1.69 bits per heavy atom. The Balaban J connectivity index is 0.00000361. The number of ether oxygens (including phenoxy) is 1. The quantitative estimate of drug-likeness (QED) is 0.427. The lowest BCUT2D eigenvalue weighted by molar-refractivity contribution is -0.135. The molecule has 1 fully saturated rings. The lowest BCUT2D eigenvalue weighted by Crippen LogP contribution is -2.55. The second-order valence-corrected chi connectivity index (χ2v) is 8.67. The zero-order valence-electron chi connectivity index (χ0n) is 19.8. The Hall–Kier alpha value is -3.13. The van der Waals surface area contributed by atoms with E-state index in [1.165, 1.54) is 29.2 Å². The number of piperazine rings is 1. The van der Waals surface area contributed by atoms with E-state index in [2.05, 4.69) is 5.32 Å². The molecule has 0 aliphatic carbocycles. The number of para-hydroxylation sites is 1. The van der Waals surface area contributed by atoms with Crippen LogP contribution in [0.15, 0.2) is 78.9 Å². The largest absolute Gasteiger partial charge is 0.457 e. The lowest BCUT2D eigenvalue weighted by Gasteiger charge is -2.38. The summed E-state index contributed by atoms with van der Waals surface area (Å²) in [5.41, 5.74) is 0.993. The molecule has 0 aromatic heterocycles. The second-order valence-electron chi connectivity index (χ2n) is 8.40. The van der Waals surface area contributed by atoms with Gasteiger partial charge >= 0.3 is 0 Å². The summed E-state index contributed by atoms with van der Waals surface area (Å²) < 4.78 is 19.6. The van der Waals surface area contributed by atoms with Crippen LogP contribution < -0.4 is 15.0 Å². The van der Waals surface area contributed by atoms with Crippen LogP contribution in [0.4, 0.5) is 10.1 Å². The second kappa shape index (κ2) is 12.7. The van der Waals surface area contributed by atoms with E-state index in [-0.39, 0.29) is 30.2 Å². The number of hydrogen-bond donors (Lipinski definition) is 1. The van der Waals surface area contributed by atoms with Gasteiger partial charge in [-0.2, -0.15) is 0 Å². The van der Waals surface area contributed by atoms with Crippen molar-refractivity contribution in [2.75, 3.05) is 30.4 Å². The minimum Gasteiger partial charge on any atom is -0.457 e. The number of nitrogens with one attached hydrogen (secondary N) is 1. The van der Waals surface area contributed by atoms with Gasteiger partial charge in [-0.25, -0.2) is 4.39 Å². The van der Waals surface area contributed by atoms with E-state index < -0.39 is 17.8 Å². The number of benzene rings is 3. The van der Waals surface area contributed by atoms with Crippen LogP contribution in [0.25, 0.3) is 0 Å². The molecule has 1 saturated heterocycles. The highest BCUT2D eigenvalue weighted by atomic mass is 35.5. The van der Waals surface area contributed by atoms with Crippen LogP contribution in [0.3, 0.4) is 0 Å². The van der Waals surface area contributed by atoms with E-state index in [1.54, 1.807) is 29.2 Å². The molecular weight excluding hydrogens is 504 g/mol. The van der Waals surface area contributed by atoms with Crippen molar-refractivity contribution in [1.82, 2.24) is 10.2 Å². The van der Waals surface area contributed by atoms with Crippen LogP contribution in [0, 0.1) is 5.82 Å². The van der Waals surface area contributed by atoms with E-state index in [4.69, 9.17) is 16.3 Å². The van der Waals surface area contributed by atoms with Gasteiger partial charge in [0.05, 0.1) is 0 Å². The normalized spacial score (nSPS) is 16.0. The third-order valence-electron chi connectivity index (χ3n) is 5.84. The molecule has 2 atom stereocenters. The van der Waals surface area contributed by atoms with Crippen molar-refractivity contribution in [2.24, 2.45) is 0 Å². The van der Waals surface area contributed by atoms with Crippen LogP contribution in [0.2, 0.25) is 0 Å². The van der Waals surface area contributed by atoms with Gasteiger partial charge in [0.2, 0.25) is 5.91 Å². The number of carbonyl (C=O) groups excluding carboxylic acids is 2. The van der Waals surface area contributed by atoms with E-state index >= 15 is 0 Å². The Kier molecular flexibility index (Phi) is 9.70. The van der Waals surface area contributed by atoms with E-state index in [0.29, 0.717) is 42.4 Å². The monoisotopic (exact) mass is 531 g/mol. The van der Waals surface area contributed by atoms with Crippen molar-refractivity contribution >= 4 is 41.5 Å². The van der Waals surface area contributed by atoms with E-state index in [9.17, 15) is 14.0 Å². The molecule has 0 saturated carbocycles. The highest BCUT2D eigenvalue weighted by Crippen LogP contribution is 2.32. The Morgan fingerprint density at radius 1 is 1.06 bits per heavy atom. The summed E-state index contributed by atoms with van der Waals surface area (Å²) >= 11 is 5.99. The van der Waals surface area contributed by atoms with Crippen LogP contribution in [-0.4, -0.2) is 48.3 Å². The van der Waals surface area contributed by atoms with Gasteiger partial charge in [0.1, 0.15) is 29.2 Å². The highest BCUT2D eigenvalue weighted by molar-refractivity contribution is 6.29. The Morgan fingerprint density at radius 3 is 2.31 bits per heavy atom. The number of amides is 2. The molecule has 4 rings (SSSR count). The maximum absolute atomic E-state index is 13.8. The van der Waals surface area contributed by atoms with Crippen molar-refractivity contribution in [3.05, 3.63) is 90.2 Å². The average Bonchev–Trinajstić information content (AvgIpc) is 2.88. The summed E-state index contributed by atoms with van der Waals surface area (Å²) in [5, 5.41) is 3.31. The van der Waals surface area contributed by atoms with Gasteiger partial charge < -0.3 is 15.0 Å². The zero-order chi connectivity index (χ0) is 24.8. The minimum absolute atomic E-state index is 0. The van der Waals surface area contributed by atoms with Crippen LogP contribution in [-0.2, 0) is 9.59 Å². The SMILES string of the molecule is C[C@@H]1CN(C(=O)[C@@H](c2ccc(F)cc2)N(C(=O)CCl)c2ccc(Oc3ccccc3)cc2)CCN1.Cl. The molecule has 3 aromatic rings. The average molecular weight is 532 g/mol. The Labute approximate surface area is 221 Å². The molecule has 2 amide bonds. The summed E-state index contributed by atoms with van der Waals surface area (Å²) in [4.78, 5) is 30.1. The molecule has 0 radical (unpaired) electrons. The fourth-order valence-electron chi connectivity index (χ4n) is 4.15. The van der Waals surface area contributed by atoms with E-state index in [1.807, 2.05) is 37.3 Å². The smallest absolute Gasteiger partial charge is 0.250 e. The molecule has 36 heavy (non-hydrogen) atoms. The maximum Gasteiger partial charge on any atom is 0.250 e. The predicted molar refractivity (Wildman–Crippen MR) is 142 cm³/mol. The van der Waals surface area contributed by atoms with Crippen molar-refractivity contribution in [2.45, 2.75) is 19.0 Å². The maximum atomic E-state index is 13.8. The number of rotatable bonds is 7. The van der Waals surface area contributed by atoms with Gasteiger partial charge in [0, 0.05) is 31.4 Å². The highest BCUT2D eigenvalue weighted by Gasteiger charge is 2.36. The molecule has 6 nitrogen and oxygen atoms in total. The molecule has 1 aliphatic heterocycles. The standard InChI is InChI=1S/C27H27ClFN3O3.ClH/c1-19-18-31(16-15-30-19)27(34)26(20-7-9-21(29)10-8-20)32(25(33)17-28)22-11-13-24(14-12-22)35-23-5-3-2-4-6-23;/h2-14,19,26,30H,15-18H2,1H3;1H/t19-,26-;/m1./s1. The number of alkyl halides is 1. The first-order valence-electron chi connectivity index (χ1n) is 11.4. The summed E-state index contributed by atoms with van der Waals surface area (Å²) in [7, 11) is 0. The van der Waals surface area contributed by atoms with Gasteiger partial charge in [-0.1, -0.05) is 30.3 Å². The van der Waals surface area contributed by atoms with Crippen molar-refractivity contribution in [1.29, 1.82) is 0 Å². The van der Waals surface area contributed by atoms with Crippen LogP contribution >= 0.6 is 24.0 Å². The summed E-state index contributed by atoms with van der Waals surface area (Å²) in [6, 6.07) is 21.0. The fourth-order valence-corrected chi connectivity index (χ4v) is 4.28. The van der Waals surface area contributed by atoms with Crippen molar-refractivity contribution < 1.29 is 18.7 Å². The van der Waals surface area contributed by atoms with Crippen LogP contribution in [0.1, 0.15) is 18.5 Å².